The van der Waals surface area contributed by atoms with Crippen LogP contribution in [0, 0.1) is 5.92 Å². The molecule has 1 aliphatic rings. The third-order valence-corrected chi connectivity index (χ3v) is 3.57. The molecule has 0 saturated carbocycles. The van der Waals surface area contributed by atoms with Crippen LogP contribution in [0.5, 0.6) is 0 Å². The molecular formula is C16H22N2O. The van der Waals surface area contributed by atoms with Crippen molar-refractivity contribution in [3.63, 3.8) is 0 Å². The number of nitrogens with zero attached hydrogens (tertiary/aromatic N) is 1. The van der Waals surface area contributed by atoms with Crippen LogP contribution in [0.3, 0.4) is 0 Å². The molecule has 1 aliphatic heterocycles. The summed E-state index contributed by atoms with van der Waals surface area (Å²) < 4.78 is 0. The molecule has 0 spiro atoms. The average molecular weight is 258 g/mol. The van der Waals surface area contributed by atoms with Gasteiger partial charge >= 0.3 is 0 Å². The number of piperidine rings is 1. The van der Waals surface area contributed by atoms with Crippen molar-refractivity contribution < 1.29 is 4.79 Å². The lowest BCUT2D eigenvalue weighted by molar-refractivity contribution is -0.136. The Labute approximate surface area is 115 Å². The molecule has 0 aromatic heterocycles. The van der Waals surface area contributed by atoms with Crippen molar-refractivity contribution in [2.45, 2.75) is 19.4 Å². The van der Waals surface area contributed by atoms with Crippen LogP contribution in [0.4, 0.5) is 0 Å². The van der Waals surface area contributed by atoms with Gasteiger partial charge in [0.15, 0.2) is 0 Å². The first-order valence-electron chi connectivity index (χ1n) is 6.95. The van der Waals surface area contributed by atoms with Crippen LogP contribution >= 0.6 is 0 Å². The molecular weight excluding hydrogens is 236 g/mol. The molecule has 1 aromatic rings. The van der Waals surface area contributed by atoms with Gasteiger partial charge in [-0.15, -0.1) is 6.58 Å². The molecule has 3 heteroatoms. The fourth-order valence-electron chi connectivity index (χ4n) is 2.52. The highest BCUT2D eigenvalue weighted by Crippen LogP contribution is 2.17. The van der Waals surface area contributed by atoms with Crippen LogP contribution in [-0.2, 0) is 11.3 Å². The molecule has 3 nitrogen and oxygen atoms in total. The molecule has 1 saturated heterocycles. The zero-order valence-electron chi connectivity index (χ0n) is 11.3. The summed E-state index contributed by atoms with van der Waals surface area (Å²) in [5.41, 5.74) is 1.17. The number of hydrogen-bond donors (Lipinski definition) is 1. The van der Waals surface area contributed by atoms with E-state index < -0.39 is 0 Å². The van der Waals surface area contributed by atoms with Crippen LogP contribution in [0.15, 0.2) is 43.0 Å². The highest BCUT2D eigenvalue weighted by Gasteiger charge is 2.25. The Hall–Kier alpha value is -1.61. The van der Waals surface area contributed by atoms with E-state index in [4.69, 9.17) is 0 Å². The summed E-state index contributed by atoms with van der Waals surface area (Å²) in [5, 5.41) is 3.30. The van der Waals surface area contributed by atoms with E-state index in [1.54, 1.807) is 0 Å². The summed E-state index contributed by atoms with van der Waals surface area (Å²) in [6.07, 6.45) is 3.70. The van der Waals surface area contributed by atoms with Gasteiger partial charge in [-0.2, -0.15) is 0 Å². The predicted octanol–water partition coefficient (Wildman–Crippen LogP) is 2.20. The van der Waals surface area contributed by atoms with E-state index in [2.05, 4.69) is 24.0 Å². The Morgan fingerprint density at radius 1 is 1.32 bits per heavy atom. The minimum Gasteiger partial charge on any atom is -0.334 e. The van der Waals surface area contributed by atoms with Gasteiger partial charge in [0.2, 0.25) is 5.91 Å². The Kier molecular flexibility index (Phi) is 5.16. The van der Waals surface area contributed by atoms with Gasteiger partial charge in [-0.05, 0) is 31.5 Å². The highest BCUT2D eigenvalue weighted by molar-refractivity contribution is 5.79. The van der Waals surface area contributed by atoms with Crippen LogP contribution in [0.2, 0.25) is 0 Å². The van der Waals surface area contributed by atoms with E-state index in [9.17, 15) is 4.79 Å². The smallest absolute Gasteiger partial charge is 0.226 e. The first kappa shape index (κ1) is 13.8. The first-order valence-corrected chi connectivity index (χ1v) is 6.95. The molecule has 1 aromatic carbocycles. The third-order valence-electron chi connectivity index (χ3n) is 3.57. The number of rotatable bonds is 5. The highest BCUT2D eigenvalue weighted by atomic mass is 16.2. The van der Waals surface area contributed by atoms with Gasteiger partial charge in [0.25, 0.3) is 0 Å². The second kappa shape index (κ2) is 7.10. The minimum atomic E-state index is 0.171. The number of hydrogen-bond acceptors (Lipinski definition) is 2. The van der Waals surface area contributed by atoms with Crippen LogP contribution in [-0.4, -0.2) is 30.4 Å². The van der Waals surface area contributed by atoms with E-state index in [1.165, 1.54) is 5.56 Å². The number of nitrogens with one attached hydrogen (secondary N) is 1. The summed E-state index contributed by atoms with van der Waals surface area (Å²) in [6, 6.07) is 10.1. The van der Waals surface area contributed by atoms with Crippen LogP contribution in [0.25, 0.3) is 0 Å². The summed E-state index contributed by atoms with van der Waals surface area (Å²) >= 11 is 0. The van der Waals surface area contributed by atoms with Gasteiger partial charge in [-0.3, -0.25) is 4.79 Å². The molecule has 1 heterocycles. The van der Waals surface area contributed by atoms with Crippen LogP contribution in [0.1, 0.15) is 18.4 Å². The molecule has 102 valence electrons. The van der Waals surface area contributed by atoms with Crippen molar-refractivity contribution in [3.8, 4) is 0 Å². The van der Waals surface area contributed by atoms with Crippen molar-refractivity contribution in [2.24, 2.45) is 5.92 Å². The molecule has 2 rings (SSSR count). The maximum Gasteiger partial charge on any atom is 0.226 e. The molecule has 1 N–H and O–H groups in total. The molecule has 1 fully saturated rings. The Bertz CT molecular complexity index is 410. The summed E-state index contributed by atoms with van der Waals surface area (Å²) in [7, 11) is 0. The van der Waals surface area contributed by atoms with Crippen molar-refractivity contribution in [3.05, 3.63) is 48.6 Å². The lowest BCUT2D eigenvalue weighted by Gasteiger charge is -2.29. The zero-order chi connectivity index (χ0) is 13.5. The molecule has 0 radical (unpaired) electrons. The lowest BCUT2D eigenvalue weighted by Crippen LogP contribution is -2.40. The summed E-state index contributed by atoms with van der Waals surface area (Å²) in [4.78, 5) is 14.5. The van der Waals surface area contributed by atoms with Crippen molar-refractivity contribution >= 4 is 5.91 Å². The van der Waals surface area contributed by atoms with Gasteiger partial charge in [0, 0.05) is 19.0 Å². The van der Waals surface area contributed by atoms with Gasteiger partial charge in [-0.25, -0.2) is 0 Å². The van der Waals surface area contributed by atoms with Gasteiger partial charge in [0.05, 0.1) is 0 Å². The lowest BCUT2D eigenvalue weighted by atomic mass is 9.96. The Morgan fingerprint density at radius 2 is 2.00 bits per heavy atom. The summed E-state index contributed by atoms with van der Waals surface area (Å²) in [5.74, 6) is 0.440. The van der Waals surface area contributed by atoms with Gasteiger partial charge in [0.1, 0.15) is 0 Å². The van der Waals surface area contributed by atoms with Gasteiger partial charge < -0.3 is 10.2 Å². The molecule has 19 heavy (non-hydrogen) atoms. The maximum absolute atomic E-state index is 12.5. The Balaban J connectivity index is 2.02. The second-order valence-electron chi connectivity index (χ2n) is 5.02. The van der Waals surface area contributed by atoms with E-state index in [0.29, 0.717) is 13.1 Å². The molecule has 0 bridgehead atoms. The van der Waals surface area contributed by atoms with E-state index in [-0.39, 0.29) is 11.8 Å². The van der Waals surface area contributed by atoms with Crippen molar-refractivity contribution in [1.29, 1.82) is 0 Å². The maximum atomic E-state index is 12.5. The summed E-state index contributed by atoms with van der Waals surface area (Å²) in [6.45, 7) is 6.96. The van der Waals surface area contributed by atoms with Crippen molar-refractivity contribution in [2.75, 3.05) is 19.6 Å². The quantitative estimate of drug-likeness (QED) is 0.821. The molecule has 1 amide bonds. The molecule has 0 aliphatic carbocycles. The fraction of sp³-hybridized carbons (Fsp3) is 0.438. The average Bonchev–Trinajstić information content (AvgIpc) is 2.48. The van der Waals surface area contributed by atoms with E-state index >= 15 is 0 Å². The van der Waals surface area contributed by atoms with Gasteiger partial charge in [-0.1, -0.05) is 36.4 Å². The number of carbonyl (C=O) groups is 1. The van der Waals surface area contributed by atoms with Crippen molar-refractivity contribution in [1.82, 2.24) is 10.2 Å². The monoisotopic (exact) mass is 258 g/mol. The van der Waals surface area contributed by atoms with E-state index in [1.807, 2.05) is 29.2 Å². The predicted molar refractivity (Wildman–Crippen MR) is 77.6 cm³/mol. The van der Waals surface area contributed by atoms with Crippen LogP contribution < -0.4 is 5.32 Å². The van der Waals surface area contributed by atoms with E-state index in [0.717, 1.165) is 25.9 Å². The fourth-order valence-corrected chi connectivity index (χ4v) is 2.52. The standard InChI is InChI=1S/C16H22N2O/c1-2-12-18(13-14-6-4-3-5-7-14)16(19)15-8-10-17-11-9-15/h2-7,15,17H,1,8-13H2. The number of carbonyl (C=O) groups excluding carboxylic acids is 1. The number of benzene rings is 1. The molecule has 0 atom stereocenters. The largest absolute Gasteiger partial charge is 0.334 e. The second-order valence-corrected chi connectivity index (χ2v) is 5.02. The first-order chi connectivity index (χ1) is 9.31. The Morgan fingerprint density at radius 3 is 2.63 bits per heavy atom. The molecule has 0 unspecified atom stereocenters. The zero-order valence-corrected chi connectivity index (χ0v) is 11.3. The topological polar surface area (TPSA) is 32.3 Å². The SMILES string of the molecule is C=CCN(Cc1ccccc1)C(=O)C1CCNCC1. The third kappa shape index (κ3) is 3.93. The normalized spacial score (nSPS) is 16.0. The minimum absolute atomic E-state index is 0.171. The number of amides is 1.